The van der Waals surface area contributed by atoms with Gasteiger partial charge in [0, 0.05) is 26.2 Å². The summed E-state index contributed by atoms with van der Waals surface area (Å²) in [7, 11) is 4.06. The van der Waals surface area contributed by atoms with Crippen molar-refractivity contribution >= 4 is 0 Å². The first-order valence-corrected chi connectivity index (χ1v) is 10.5. The number of aliphatic hydroxyl groups is 1. The molecule has 0 unspecified atom stereocenters. The molecule has 0 amide bonds. The maximum absolute atomic E-state index is 11.1. The maximum Gasteiger partial charge on any atom is 0.134 e. The molecular formula is C24H34N2O4. The molecule has 1 N–H and O–H groups in total. The number of aryl methyl sites for hydroxylation is 1. The van der Waals surface area contributed by atoms with E-state index in [1.165, 1.54) is 5.56 Å². The lowest BCUT2D eigenvalue weighted by molar-refractivity contribution is -0.0646. The van der Waals surface area contributed by atoms with E-state index < -0.39 is 5.60 Å². The summed E-state index contributed by atoms with van der Waals surface area (Å²) >= 11 is 0. The minimum atomic E-state index is -1.05. The van der Waals surface area contributed by atoms with E-state index in [0.29, 0.717) is 19.8 Å². The van der Waals surface area contributed by atoms with E-state index in [1.807, 2.05) is 57.4 Å². The second kappa shape index (κ2) is 10.8. The molecule has 0 saturated carbocycles. The number of likely N-dealkylation sites (N-methyl/N-ethyl adjacent to an activating group) is 1. The number of benzene rings is 2. The van der Waals surface area contributed by atoms with Crippen molar-refractivity contribution < 1.29 is 19.3 Å². The summed E-state index contributed by atoms with van der Waals surface area (Å²) in [6, 6.07) is 16.0. The Morgan fingerprint density at radius 1 is 1.10 bits per heavy atom. The van der Waals surface area contributed by atoms with E-state index in [-0.39, 0.29) is 13.2 Å². The molecule has 0 bridgehead atoms. The summed E-state index contributed by atoms with van der Waals surface area (Å²) in [5.74, 6) is 1.65. The van der Waals surface area contributed by atoms with Crippen LogP contribution in [0.1, 0.15) is 11.1 Å². The normalized spacial score (nSPS) is 20.2. The molecule has 164 valence electrons. The highest BCUT2D eigenvalue weighted by atomic mass is 16.5. The summed E-state index contributed by atoms with van der Waals surface area (Å²) in [4.78, 5) is 4.31. The number of rotatable bonds is 9. The second-order valence-electron chi connectivity index (χ2n) is 8.39. The lowest BCUT2D eigenvalue weighted by Gasteiger charge is -2.30. The molecule has 6 nitrogen and oxygen atoms in total. The van der Waals surface area contributed by atoms with Crippen LogP contribution in [0.4, 0.5) is 0 Å². The van der Waals surface area contributed by atoms with Crippen molar-refractivity contribution in [2.45, 2.75) is 19.1 Å². The standard InChI is InChI=1S/C24H34N2O4/c1-20-5-4-6-23(15-20)30-19-24(27)17-26(12-13-28-18-24)16-21-7-9-22(10-8-21)29-14-11-25(2)3/h4-10,15,27H,11-14,16-19H2,1-3H3/t24-/m0/s1. The van der Waals surface area contributed by atoms with E-state index in [4.69, 9.17) is 14.2 Å². The zero-order chi connectivity index (χ0) is 21.4. The van der Waals surface area contributed by atoms with Crippen LogP contribution in [0, 0.1) is 6.92 Å². The Bertz CT molecular complexity index is 781. The quantitative estimate of drug-likeness (QED) is 0.681. The zero-order valence-electron chi connectivity index (χ0n) is 18.3. The van der Waals surface area contributed by atoms with Gasteiger partial charge in [-0.25, -0.2) is 0 Å². The summed E-state index contributed by atoms with van der Waals surface area (Å²) in [6.07, 6.45) is 0. The van der Waals surface area contributed by atoms with E-state index in [1.54, 1.807) is 0 Å². The molecular weight excluding hydrogens is 380 g/mol. The first-order valence-electron chi connectivity index (χ1n) is 10.5. The van der Waals surface area contributed by atoms with Crippen molar-refractivity contribution in [2.24, 2.45) is 0 Å². The van der Waals surface area contributed by atoms with Crippen LogP contribution in [-0.4, -0.2) is 80.7 Å². The lowest BCUT2D eigenvalue weighted by atomic mass is 10.1. The highest BCUT2D eigenvalue weighted by Gasteiger charge is 2.33. The van der Waals surface area contributed by atoms with Gasteiger partial charge in [0.15, 0.2) is 0 Å². The lowest BCUT2D eigenvalue weighted by Crippen LogP contribution is -2.48. The molecule has 0 spiro atoms. The van der Waals surface area contributed by atoms with Gasteiger partial charge in [-0.3, -0.25) is 4.90 Å². The molecule has 30 heavy (non-hydrogen) atoms. The third-order valence-corrected chi connectivity index (χ3v) is 5.07. The molecule has 1 saturated heterocycles. The Morgan fingerprint density at radius 2 is 1.90 bits per heavy atom. The summed E-state index contributed by atoms with van der Waals surface area (Å²) in [6.45, 7) is 6.67. The van der Waals surface area contributed by atoms with Crippen LogP contribution in [0.2, 0.25) is 0 Å². The van der Waals surface area contributed by atoms with Crippen molar-refractivity contribution in [2.75, 3.05) is 60.2 Å². The first kappa shape index (κ1) is 22.6. The molecule has 0 aromatic heterocycles. The van der Waals surface area contributed by atoms with Crippen LogP contribution >= 0.6 is 0 Å². The molecule has 1 heterocycles. The Hall–Kier alpha value is -2.12. The topological polar surface area (TPSA) is 54.4 Å². The van der Waals surface area contributed by atoms with Crippen molar-refractivity contribution in [3.8, 4) is 11.5 Å². The Morgan fingerprint density at radius 3 is 2.63 bits per heavy atom. The summed E-state index contributed by atoms with van der Waals surface area (Å²) < 4.78 is 17.3. The Balaban J connectivity index is 1.54. The van der Waals surface area contributed by atoms with Gasteiger partial charge in [-0.05, 0) is 56.4 Å². The highest BCUT2D eigenvalue weighted by Crippen LogP contribution is 2.20. The molecule has 1 aliphatic rings. The fourth-order valence-electron chi connectivity index (χ4n) is 3.44. The fourth-order valence-corrected chi connectivity index (χ4v) is 3.44. The third-order valence-electron chi connectivity index (χ3n) is 5.07. The van der Waals surface area contributed by atoms with E-state index >= 15 is 0 Å². The second-order valence-corrected chi connectivity index (χ2v) is 8.39. The van der Waals surface area contributed by atoms with Gasteiger partial charge < -0.3 is 24.2 Å². The largest absolute Gasteiger partial charge is 0.492 e. The Labute approximate surface area is 180 Å². The smallest absolute Gasteiger partial charge is 0.134 e. The molecule has 2 aromatic rings. The number of ether oxygens (including phenoxy) is 3. The van der Waals surface area contributed by atoms with Gasteiger partial charge >= 0.3 is 0 Å². The van der Waals surface area contributed by atoms with Gasteiger partial charge in [0.2, 0.25) is 0 Å². The predicted octanol–water partition coefficient (Wildman–Crippen LogP) is 2.58. The van der Waals surface area contributed by atoms with Crippen molar-refractivity contribution in [1.29, 1.82) is 0 Å². The molecule has 0 radical (unpaired) electrons. The molecule has 1 aliphatic heterocycles. The molecule has 1 fully saturated rings. The molecule has 3 rings (SSSR count). The molecule has 1 atom stereocenters. The van der Waals surface area contributed by atoms with Gasteiger partial charge in [-0.1, -0.05) is 24.3 Å². The average Bonchev–Trinajstić information content (AvgIpc) is 2.89. The predicted molar refractivity (Wildman–Crippen MR) is 118 cm³/mol. The van der Waals surface area contributed by atoms with Crippen LogP contribution < -0.4 is 9.47 Å². The van der Waals surface area contributed by atoms with Crippen LogP contribution in [0.15, 0.2) is 48.5 Å². The molecule has 6 heteroatoms. The third kappa shape index (κ3) is 7.29. The Kier molecular flexibility index (Phi) is 8.10. The maximum atomic E-state index is 11.1. The number of β-amino-alcohol motifs (C(OH)–C–C–N with tert-alkyl or cyclic N) is 1. The van der Waals surface area contributed by atoms with Crippen molar-refractivity contribution in [1.82, 2.24) is 9.80 Å². The molecule has 2 aromatic carbocycles. The average molecular weight is 415 g/mol. The number of hydrogen-bond acceptors (Lipinski definition) is 6. The van der Waals surface area contributed by atoms with Crippen molar-refractivity contribution in [3.05, 3.63) is 59.7 Å². The van der Waals surface area contributed by atoms with Crippen LogP contribution in [0.5, 0.6) is 11.5 Å². The van der Waals surface area contributed by atoms with Gasteiger partial charge in [0.25, 0.3) is 0 Å². The number of hydrogen-bond donors (Lipinski definition) is 1. The monoisotopic (exact) mass is 414 g/mol. The van der Waals surface area contributed by atoms with Gasteiger partial charge in [0.1, 0.15) is 30.3 Å². The van der Waals surface area contributed by atoms with Crippen molar-refractivity contribution in [3.63, 3.8) is 0 Å². The first-order chi connectivity index (χ1) is 14.4. The van der Waals surface area contributed by atoms with Gasteiger partial charge in [0.05, 0.1) is 13.2 Å². The van der Waals surface area contributed by atoms with Crippen LogP contribution in [-0.2, 0) is 11.3 Å². The molecule has 0 aliphatic carbocycles. The number of nitrogens with zero attached hydrogens (tertiary/aromatic N) is 2. The van der Waals surface area contributed by atoms with E-state index in [9.17, 15) is 5.11 Å². The van der Waals surface area contributed by atoms with Gasteiger partial charge in [-0.15, -0.1) is 0 Å². The summed E-state index contributed by atoms with van der Waals surface area (Å²) in [5.41, 5.74) is 1.27. The minimum Gasteiger partial charge on any atom is -0.492 e. The van der Waals surface area contributed by atoms with Gasteiger partial charge in [-0.2, -0.15) is 0 Å². The highest BCUT2D eigenvalue weighted by molar-refractivity contribution is 5.28. The van der Waals surface area contributed by atoms with Crippen LogP contribution in [0.3, 0.4) is 0 Å². The fraction of sp³-hybridized carbons (Fsp3) is 0.500. The zero-order valence-corrected chi connectivity index (χ0v) is 18.3. The van der Waals surface area contributed by atoms with Crippen LogP contribution in [0.25, 0.3) is 0 Å². The van der Waals surface area contributed by atoms with E-state index in [0.717, 1.165) is 36.7 Å². The summed E-state index contributed by atoms with van der Waals surface area (Å²) in [5, 5.41) is 11.1. The SMILES string of the molecule is Cc1cccc(OC[C@@]2(O)COCCN(Cc3ccc(OCCN(C)C)cc3)C2)c1. The minimum absolute atomic E-state index is 0.200. The van der Waals surface area contributed by atoms with E-state index in [2.05, 4.69) is 21.9 Å².